The number of hydrogen-bond donors (Lipinski definition) is 0. The van der Waals surface area contributed by atoms with E-state index in [0.29, 0.717) is 17.6 Å². The van der Waals surface area contributed by atoms with Crippen LogP contribution in [0.5, 0.6) is 0 Å². The third-order valence-electron chi connectivity index (χ3n) is 4.09. The Bertz CT molecular complexity index is 242. The van der Waals surface area contributed by atoms with Crippen LogP contribution in [0.15, 0.2) is 12.2 Å². The molecule has 0 heterocycles. The predicted molar refractivity (Wildman–Crippen MR) is 46.6 cm³/mol. The van der Waals surface area contributed by atoms with Crippen molar-refractivity contribution < 1.29 is 4.79 Å². The summed E-state index contributed by atoms with van der Waals surface area (Å²) in [6, 6.07) is 0. The molecule has 4 saturated carbocycles. The molecule has 1 heteroatoms. The summed E-state index contributed by atoms with van der Waals surface area (Å²) in [7, 11) is 0. The zero-order chi connectivity index (χ0) is 8.29. The highest BCUT2D eigenvalue weighted by atomic mass is 16.1. The normalized spacial score (nSPS) is 50.3. The lowest BCUT2D eigenvalue weighted by molar-refractivity contribution is -0.135. The maximum absolute atomic E-state index is 11.7. The van der Waals surface area contributed by atoms with Gasteiger partial charge in [-0.3, -0.25) is 4.79 Å². The molecule has 0 N–H and O–H groups in total. The van der Waals surface area contributed by atoms with Crippen molar-refractivity contribution in [3.05, 3.63) is 12.2 Å². The quantitative estimate of drug-likeness (QED) is 0.499. The summed E-state index contributed by atoms with van der Waals surface area (Å²) in [4.78, 5) is 11.7. The van der Waals surface area contributed by atoms with Gasteiger partial charge in [0.15, 0.2) is 0 Å². The van der Waals surface area contributed by atoms with Crippen LogP contribution in [-0.4, -0.2) is 5.78 Å². The largest absolute Gasteiger partial charge is 0.299 e. The van der Waals surface area contributed by atoms with Crippen molar-refractivity contribution in [2.45, 2.75) is 25.7 Å². The fraction of sp³-hybridized carbons (Fsp3) is 0.727. The molecule has 4 atom stereocenters. The van der Waals surface area contributed by atoms with Crippen LogP contribution in [-0.2, 0) is 4.79 Å². The van der Waals surface area contributed by atoms with Crippen LogP contribution in [0.3, 0.4) is 0 Å². The van der Waals surface area contributed by atoms with E-state index in [9.17, 15) is 4.79 Å². The smallest absolute Gasteiger partial charge is 0.143 e. The second-order valence-corrected chi connectivity index (χ2v) is 4.73. The second kappa shape index (κ2) is 2.01. The minimum absolute atomic E-state index is 0.279. The molecule has 64 valence electrons. The zero-order valence-corrected chi connectivity index (χ0v) is 7.25. The van der Waals surface area contributed by atoms with Crippen molar-refractivity contribution in [1.29, 1.82) is 0 Å². The van der Waals surface area contributed by atoms with E-state index >= 15 is 0 Å². The Hall–Kier alpha value is -0.590. The van der Waals surface area contributed by atoms with Crippen LogP contribution in [0, 0.1) is 23.7 Å². The van der Waals surface area contributed by atoms with Gasteiger partial charge < -0.3 is 0 Å². The second-order valence-electron chi connectivity index (χ2n) is 4.73. The van der Waals surface area contributed by atoms with Gasteiger partial charge in [0.05, 0.1) is 0 Å². The molecule has 4 rings (SSSR count). The van der Waals surface area contributed by atoms with Gasteiger partial charge in [0.25, 0.3) is 0 Å². The topological polar surface area (TPSA) is 17.1 Å². The molecule has 0 spiro atoms. The molecule has 0 aliphatic heterocycles. The van der Waals surface area contributed by atoms with Crippen molar-refractivity contribution in [3.8, 4) is 0 Å². The fourth-order valence-corrected chi connectivity index (χ4v) is 3.52. The van der Waals surface area contributed by atoms with Gasteiger partial charge in [-0.1, -0.05) is 12.2 Å². The SMILES string of the molecule is C=C1C2CC3CC(C2)C(=O)C1C3. The maximum Gasteiger partial charge on any atom is 0.143 e. The number of Topliss-reactive ketones (excluding diaryl/α,β-unsaturated/α-hetero) is 1. The molecular weight excluding hydrogens is 148 g/mol. The van der Waals surface area contributed by atoms with Crippen molar-refractivity contribution in [2.75, 3.05) is 0 Å². The van der Waals surface area contributed by atoms with Crippen LogP contribution in [0.1, 0.15) is 25.7 Å². The first-order chi connectivity index (χ1) is 5.75. The third kappa shape index (κ3) is 0.675. The molecule has 12 heavy (non-hydrogen) atoms. The summed E-state index contributed by atoms with van der Waals surface area (Å²) in [5, 5.41) is 0. The Labute approximate surface area is 72.8 Å². The summed E-state index contributed by atoms with van der Waals surface area (Å²) >= 11 is 0. The van der Waals surface area contributed by atoms with E-state index in [1.807, 2.05) is 0 Å². The highest BCUT2D eigenvalue weighted by Gasteiger charge is 2.49. The molecule has 1 nitrogen and oxygen atoms in total. The van der Waals surface area contributed by atoms with E-state index in [2.05, 4.69) is 6.58 Å². The van der Waals surface area contributed by atoms with E-state index in [-0.39, 0.29) is 5.92 Å². The minimum Gasteiger partial charge on any atom is -0.299 e. The number of carbonyl (C=O) groups excluding carboxylic acids is 1. The van der Waals surface area contributed by atoms with E-state index in [1.54, 1.807) is 0 Å². The van der Waals surface area contributed by atoms with Crippen molar-refractivity contribution >= 4 is 5.78 Å². The van der Waals surface area contributed by atoms with E-state index in [4.69, 9.17) is 0 Å². The van der Waals surface area contributed by atoms with Crippen LogP contribution in [0.4, 0.5) is 0 Å². The van der Waals surface area contributed by atoms with Gasteiger partial charge in [0.2, 0.25) is 0 Å². The predicted octanol–water partition coefficient (Wildman–Crippen LogP) is 2.18. The summed E-state index contributed by atoms with van der Waals surface area (Å²) in [6.45, 7) is 4.08. The molecule has 4 aliphatic rings. The highest BCUT2D eigenvalue weighted by molar-refractivity contribution is 5.88. The van der Waals surface area contributed by atoms with Gasteiger partial charge >= 0.3 is 0 Å². The summed E-state index contributed by atoms with van der Waals surface area (Å²) in [5.74, 6) is 2.80. The van der Waals surface area contributed by atoms with Crippen LogP contribution in [0.25, 0.3) is 0 Å². The van der Waals surface area contributed by atoms with Crippen LogP contribution >= 0.6 is 0 Å². The monoisotopic (exact) mass is 162 g/mol. The molecule has 4 unspecified atom stereocenters. The first kappa shape index (κ1) is 6.88. The van der Waals surface area contributed by atoms with Crippen LogP contribution in [0.2, 0.25) is 0 Å². The Balaban J connectivity index is 2.03. The van der Waals surface area contributed by atoms with Crippen LogP contribution < -0.4 is 0 Å². The number of rotatable bonds is 0. The number of ketones is 1. The number of allylic oxidation sites excluding steroid dienone is 1. The van der Waals surface area contributed by atoms with Gasteiger partial charge in [-0.15, -0.1) is 0 Å². The molecule has 0 amide bonds. The van der Waals surface area contributed by atoms with E-state index in [0.717, 1.165) is 18.8 Å². The van der Waals surface area contributed by atoms with Gasteiger partial charge in [-0.2, -0.15) is 0 Å². The van der Waals surface area contributed by atoms with Crippen molar-refractivity contribution in [1.82, 2.24) is 0 Å². The van der Waals surface area contributed by atoms with Gasteiger partial charge in [0.1, 0.15) is 5.78 Å². The molecule has 4 bridgehead atoms. The molecule has 4 aliphatic carbocycles. The number of hydrogen-bond acceptors (Lipinski definition) is 1. The average Bonchev–Trinajstić information content (AvgIpc) is 2.07. The fourth-order valence-electron chi connectivity index (χ4n) is 3.52. The molecule has 0 saturated heterocycles. The van der Waals surface area contributed by atoms with Crippen molar-refractivity contribution in [2.24, 2.45) is 23.7 Å². The molecular formula is C11H14O. The Kier molecular flexibility index (Phi) is 1.15. The van der Waals surface area contributed by atoms with Gasteiger partial charge in [-0.05, 0) is 37.5 Å². The van der Waals surface area contributed by atoms with Gasteiger partial charge in [-0.25, -0.2) is 0 Å². The third-order valence-corrected chi connectivity index (χ3v) is 4.09. The first-order valence-electron chi connectivity index (χ1n) is 4.98. The molecule has 0 aromatic carbocycles. The molecule has 0 radical (unpaired) electrons. The standard InChI is InChI=1S/C11H14O/c1-6-8-2-7-3-9(5-8)11(12)10(6)4-7/h7-10H,1-5H2. The first-order valence-corrected chi connectivity index (χ1v) is 4.98. The molecule has 0 aromatic rings. The Morgan fingerprint density at radius 1 is 1.08 bits per heavy atom. The molecule has 0 aromatic heterocycles. The Morgan fingerprint density at radius 3 is 2.67 bits per heavy atom. The number of carbonyl (C=O) groups is 1. The average molecular weight is 162 g/mol. The Morgan fingerprint density at radius 2 is 1.83 bits per heavy atom. The van der Waals surface area contributed by atoms with E-state index < -0.39 is 0 Å². The van der Waals surface area contributed by atoms with Crippen molar-refractivity contribution in [3.63, 3.8) is 0 Å². The minimum atomic E-state index is 0.279. The van der Waals surface area contributed by atoms with E-state index in [1.165, 1.54) is 18.4 Å². The zero-order valence-electron chi connectivity index (χ0n) is 7.25. The lowest BCUT2D eigenvalue weighted by Crippen LogP contribution is -2.46. The lowest BCUT2D eigenvalue weighted by Gasteiger charge is -2.49. The highest BCUT2D eigenvalue weighted by Crippen LogP contribution is 2.53. The van der Waals surface area contributed by atoms with Gasteiger partial charge in [0, 0.05) is 11.8 Å². The maximum atomic E-state index is 11.7. The summed E-state index contributed by atoms with van der Waals surface area (Å²) in [6.07, 6.45) is 4.79. The molecule has 4 fully saturated rings. The summed E-state index contributed by atoms with van der Waals surface area (Å²) < 4.78 is 0. The lowest BCUT2D eigenvalue weighted by atomic mass is 9.54. The summed E-state index contributed by atoms with van der Waals surface area (Å²) in [5.41, 5.74) is 1.27.